The lowest BCUT2D eigenvalue weighted by molar-refractivity contribution is -0.128. The van der Waals surface area contributed by atoms with Crippen LogP contribution in [0, 0.1) is 12.7 Å². The molecule has 0 aliphatic heterocycles. The standard InChI is InChI=1S/C28H33FN4O5/c1-6-28(3,4)31-27(36)26(19-7-13-22(37-5)14-8-19)33(21-11-9-20(29)10-12-21)25(35)16-15-24(34)30-23-17-18(2)38-32-23/h7-14,17,26H,6,15-16H2,1-5H3,(H,31,36)(H,30,32,34)/t26-/m1/s1. The first-order chi connectivity index (χ1) is 18.0. The number of amides is 3. The number of ether oxygens (including phenoxy) is 1. The first-order valence-corrected chi connectivity index (χ1v) is 12.3. The van der Waals surface area contributed by atoms with Crippen molar-refractivity contribution in [2.24, 2.45) is 0 Å². The molecule has 0 radical (unpaired) electrons. The van der Waals surface area contributed by atoms with Crippen LogP contribution in [0.25, 0.3) is 0 Å². The third kappa shape index (κ3) is 7.41. The van der Waals surface area contributed by atoms with Crippen molar-refractivity contribution in [2.75, 3.05) is 17.3 Å². The van der Waals surface area contributed by atoms with Crippen LogP contribution in [-0.4, -0.2) is 35.5 Å². The highest BCUT2D eigenvalue weighted by Crippen LogP contribution is 2.31. The number of halogens is 1. The number of nitrogens with zero attached hydrogens (tertiary/aromatic N) is 2. The predicted octanol–water partition coefficient (Wildman–Crippen LogP) is 4.93. The Morgan fingerprint density at radius 3 is 2.29 bits per heavy atom. The molecule has 0 unspecified atom stereocenters. The first kappa shape index (κ1) is 28.4. The first-order valence-electron chi connectivity index (χ1n) is 12.3. The van der Waals surface area contributed by atoms with Gasteiger partial charge in [0.1, 0.15) is 23.4 Å². The van der Waals surface area contributed by atoms with Crippen molar-refractivity contribution in [3.63, 3.8) is 0 Å². The SMILES string of the molecule is CCC(C)(C)NC(=O)[C@@H](c1ccc(OC)cc1)N(C(=O)CCC(=O)Nc1cc(C)on1)c1ccc(F)cc1. The van der Waals surface area contributed by atoms with Gasteiger partial charge in [-0.3, -0.25) is 19.3 Å². The molecular formula is C28H33FN4O5. The van der Waals surface area contributed by atoms with Crippen LogP contribution in [0.1, 0.15) is 57.4 Å². The Kier molecular flexibility index (Phi) is 9.22. The van der Waals surface area contributed by atoms with Gasteiger partial charge in [0, 0.05) is 30.1 Å². The van der Waals surface area contributed by atoms with E-state index >= 15 is 0 Å². The lowest BCUT2D eigenvalue weighted by Gasteiger charge is -2.34. The Morgan fingerprint density at radius 1 is 1.08 bits per heavy atom. The van der Waals surface area contributed by atoms with Gasteiger partial charge >= 0.3 is 0 Å². The molecule has 3 aromatic rings. The van der Waals surface area contributed by atoms with Crippen molar-refractivity contribution in [1.82, 2.24) is 10.5 Å². The topological polar surface area (TPSA) is 114 Å². The number of carbonyl (C=O) groups excluding carboxylic acids is 3. The highest BCUT2D eigenvalue weighted by molar-refractivity contribution is 6.03. The number of rotatable bonds is 11. The summed E-state index contributed by atoms with van der Waals surface area (Å²) in [5.74, 6) is -0.476. The Labute approximate surface area is 221 Å². The van der Waals surface area contributed by atoms with E-state index < -0.39 is 35.1 Å². The van der Waals surface area contributed by atoms with Crippen LogP contribution < -0.4 is 20.3 Å². The molecule has 0 fully saturated rings. The summed E-state index contributed by atoms with van der Waals surface area (Å²) in [5, 5.41) is 9.32. The zero-order valence-corrected chi connectivity index (χ0v) is 22.2. The van der Waals surface area contributed by atoms with Crippen LogP contribution in [-0.2, 0) is 14.4 Å². The molecule has 2 N–H and O–H groups in total. The van der Waals surface area contributed by atoms with Crippen LogP contribution in [0.5, 0.6) is 5.75 Å². The molecule has 1 aromatic heterocycles. The molecule has 3 rings (SSSR count). The summed E-state index contributed by atoms with van der Waals surface area (Å²) in [5.41, 5.74) is 0.291. The number of hydrogen-bond donors (Lipinski definition) is 2. The summed E-state index contributed by atoms with van der Waals surface area (Å²) in [6.45, 7) is 7.41. The molecule has 0 saturated heterocycles. The molecule has 1 atom stereocenters. The minimum Gasteiger partial charge on any atom is -0.497 e. The normalized spacial score (nSPS) is 11.9. The van der Waals surface area contributed by atoms with Crippen molar-refractivity contribution >= 4 is 29.2 Å². The molecule has 0 bridgehead atoms. The van der Waals surface area contributed by atoms with Crippen molar-refractivity contribution in [2.45, 2.75) is 58.5 Å². The van der Waals surface area contributed by atoms with Gasteiger partial charge < -0.3 is 19.9 Å². The lowest BCUT2D eigenvalue weighted by atomic mass is 9.98. The number of nitrogens with one attached hydrogen (secondary N) is 2. The summed E-state index contributed by atoms with van der Waals surface area (Å²) in [6.07, 6.45) is 0.275. The summed E-state index contributed by atoms with van der Waals surface area (Å²) in [6, 6.07) is 12.6. The van der Waals surface area contributed by atoms with Gasteiger partial charge in [-0.1, -0.05) is 24.2 Å². The molecule has 0 saturated carbocycles. The van der Waals surface area contributed by atoms with Gasteiger partial charge in [0.2, 0.25) is 17.7 Å². The number of hydrogen-bond acceptors (Lipinski definition) is 6. The van der Waals surface area contributed by atoms with E-state index in [1.54, 1.807) is 37.3 Å². The summed E-state index contributed by atoms with van der Waals surface area (Å²) in [7, 11) is 1.53. The fourth-order valence-electron chi connectivity index (χ4n) is 3.70. The molecule has 1 heterocycles. The Hall–Kier alpha value is -4.21. The van der Waals surface area contributed by atoms with Gasteiger partial charge in [0.05, 0.1) is 7.11 Å². The van der Waals surface area contributed by atoms with E-state index in [0.717, 1.165) is 0 Å². The van der Waals surface area contributed by atoms with E-state index in [0.29, 0.717) is 29.2 Å². The van der Waals surface area contributed by atoms with Crippen molar-refractivity contribution in [3.05, 3.63) is 71.7 Å². The Balaban J connectivity index is 1.96. The smallest absolute Gasteiger partial charge is 0.248 e. The van der Waals surface area contributed by atoms with E-state index in [1.807, 2.05) is 20.8 Å². The highest BCUT2D eigenvalue weighted by atomic mass is 19.1. The second-order valence-electron chi connectivity index (χ2n) is 9.51. The van der Waals surface area contributed by atoms with Gasteiger partial charge in [0.15, 0.2) is 5.82 Å². The van der Waals surface area contributed by atoms with Crippen LogP contribution >= 0.6 is 0 Å². The van der Waals surface area contributed by atoms with Gasteiger partial charge in [-0.15, -0.1) is 0 Å². The third-order valence-electron chi connectivity index (χ3n) is 6.12. The van der Waals surface area contributed by atoms with E-state index in [2.05, 4.69) is 15.8 Å². The molecular weight excluding hydrogens is 491 g/mol. The monoisotopic (exact) mass is 524 g/mol. The van der Waals surface area contributed by atoms with Crippen LogP contribution in [0.3, 0.4) is 0 Å². The number of benzene rings is 2. The number of aromatic nitrogens is 1. The predicted molar refractivity (Wildman–Crippen MR) is 141 cm³/mol. The van der Waals surface area contributed by atoms with Gasteiger partial charge in [0.25, 0.3) is 0 Å². The molecule has 0 aliphatic rings. The fraction of sp³-hybridized carbons (Fsp3) is 0.357. The molecule has 2 aromatic carbocycles. The number of methoxy groups -OCH3 is 1. The van der Waals surface area contributed by atoms with Crippen molar-refractivity contribution in [1.29, 1.82) is 0 Å². The largest absolute Gasteiger partial charge is 0.497 e. The minimum absolute atomic E-state index is 0.167. The molecule has 202 valence electrons. The van der Waals surface area contributed by atoms with E-state index in [-0.39, 0.29) is 18.7 Å². The van der Waals surface area contributed by atoms with Crippen LogP contribution in [0.15, 0.2) is 59.1 Å². The third-order valence-corrected chi connectivity index (χ3v) is 6.12. The average Bonchev–Trinajstić information content (AvgIpc) is 3.30. The van der Waals surface area contributed by atoms with Gasteiger partial charge in [-0.25, -0.2) is 4.39 Å². The van der Waals surface area contributed by atoms with E-state index in [1.165, 1.54) is 36.3 Å². The average molecular weight is 525 g/mol. The zero-order valence-electron chi connectivity index (χ0n) is 22.2. The molecule has 9 nitrogen and oxygen atoms in total. The highest BCUT2D eigenvalue weighted by Gasteiger charge is 2.35. The number of aryl methyl sites for hydroxylation is 1. The van der Waals surface area contributed by atoms with E-state index in [4.69, 9.17) is 9.26 Å². The minimum atomic E-state index is -1.09. The number of anilines is 2. The zero-order chi connectivity index (χ0) is 27.9. The summed E-state index contributed by atoms with van der Waals surface area (Å²) in [4.78, 5) is 41.2. The molecule has 0 spiro atoms. The van der Waals surface area contributed by atoms with Crippen LogP contribution in [0.2, 0.25) is 0 Å². The fourth-order valence-corrected chi connectivity index (χ4v) is 3.70. The summed E-state index contributed by atoms with van der Waals surface area (Å²) >= 11 is 0. The second-order valence-corrected chi connectivity index (χ2v) is 9.51. The lowest BCUT2D eigenvalue weighted by Crippen LogP contribution is -2.50. The van der Waals surface area contributed by atoms with Gasteiger partial charge in [-0.05, 0) is 69.2 Å². The number of carbonyl (C=O) groups is 3. The molecule has 3 amide bonds. The summed E-state index contributed by atoms with van der Waals surface area (Å²) < 4.78 is 24.0. The Bertz CT molecular complexity index is 1260. The molecule has 10 heteroatoms. The van der Waals surface area contributed by atoms with Crippen LogP contribution in [0.4, 0.5) is 15.9 Å². The molecule has 0 aliphatic carbocycles. The van der Waals surface area contributed by atoms with Gasteiger partial charge in [-0.2, -0.15) is 0 Å². The quantitative estimate of drug-likeness (QED) is 0.368. The van der Waals surface area contributed by atoms with E-state index in [9.17, 15) is 18.8 Å². The second kappa shape index (κ2) is 12.4. The Morgan fingerprint density at radius 2 is 1.74 bits per heavy atom. The maximum atomic E-state index is 13.8. The molecule has 38 heavy (non-hydrogen) atoms. The maximum Gasteiger partial charge on any atom is 0.248 e. The van der Waals surface area contributed by atoms with Crippen molar-refractivity contribution < 1.29 is 28.0 Å². The van der Waals surface area contributed by atoms with Crippen molar-refractivity contribution in [3.8, 4) is 5.75 Å². The maximum absolute atomic E-state index is 13.8.